The molecule has 6 nitrogen and oxygen atoms in total. The van der Waals surface area contributed by atoms with Gasteiger partial charge >= 0.3 is 0 Å². The Morgan fingerprint density at radius 1 is 0.897 bits per heavy atom. The van der Waals surface area contributed by atoms with Crippen molar-refractivity contribution in [2.45, 2.75) is 26.2 Å². The van der Waals surface area contributed by atoms with Gasteiger partial charge in [-0.15, -0.1) is 0 Å². The molecule has 0 aliphatic carbocycles. The SMILES string of the molecule is CC(=O)Nc1ccc(Nc2cc(-c3ccccc3)nc(N3CCCCC3)n2)cc1. The lowest BCUT2D eigenvalue weighted by Crippen LogP contribution is -2.31. The maximum Gasteiger partial charge on any atom is 0.227 e. The lowest BCUT2D eigenvalue weighted by Gasteiger charge is -2.27. The minimum absolute atomic E-state index is 0.0832. The summed E-state index contributed by atoms with van der Waals surface area (Å²) < 4.78 is 0. The van der Waals surface area contributed by atoms with Crippen LogP contribution in [0.3, 0.4) is 0 Å². The van der Waals surface area contributed by atoms with Gasteiger partial charge in [-0.05, 0) is 43.5 Å². The smallest absolute Gasteiger partial charge is 0.227 e. The molecule has 29 heavy (non-hydrogen) atoms. The van der Waals surface area contributed by atoms with E-state index in [1.165, 1.54) is 26.2 Å². The Morgan fingerprint density at radius 2 is 1.59 bits per heavy atom. The largest absolute Gasteiger partial charge is 0.341 e. The van der Waals surface area contributed by atoms with Gasteiger partial charge in [0.25, 0.3) is 0 Å². The average Bonchev–Trinajstić information content (AvgIpc) is 2.76. The molecule has 0 atom stereocenters. The van der Waals surface area contributed by atoms with E-state index in [2.05, 4.69) is 27.7 Å². The van der Waals surface area contributed by atoms with E-state index in [0.29, 0.717) is 0 Å². The lowest BCUT2D eigenvalue weighted by atomic mass is 10.1. The molecule has 0 bridgehead atoms. The number of benzene rings is 2. The summed E-state index contributed by atoms with van der Waals surface area (Å²) in [6, 6.07) is 19.7. The molecule has 2 heterocycles. The lowest BCUT2D eigenvalue weighted by molar-refractivity contribution is -0.114. The van der Waals surface area contributed by atoms with E-state index in [9.17, 15) is 4.79 Å². The van der Waals surface area contributed by atoms with Gasteiger partial charge in [-0.3, -0.25) is 4.79 Å². The summed E-state index contributed by atoms with van der Waals surface area (Å²) in [7, 11) is 0. The summed E-state index contributed by atoms with van der Waals surface area (Å²) >= 11 is 0. The Kier molecular flexibility index (Phi) is 5.70. The van der Waals surface area contributed by atoms with Crippen LogP contribution in [0.15, 0.2) is 60.7 Å². The van der Waals surface area contributed by atoms with Gasteiger partial charge in [-0.25, -0.2) is 4.98 Å². The summed E-state index contributed by atoms with van der Waals surface area (Å²) in [6.45, 7) is 3.48. The normalized spacial score (nSPS) is 13.8. The van der Waals surface area contributed by atoms with Crippen molar-refractivity contribution in [3.05, 3.63) is 60.7 Å². The molecule has 0 saturated carbocycles. The van der Waals surface area contributed by atoms with Gasteiger partial charge in [-0.2, -0.15) is 4.98 Å². The first-order valence-corrected chi connectivity index (χ1v) is 10.0. The zero-order valence-corrected chi connectivity index (χ0v) is 16.6. The van der Waals surface area contributed by atoms with Gasteiger partial charge in [-0.1, -0.05) is 30.3 Å². The first-order chi connectivity index (χ1) is 14.2. The molecule has 4 rings (SSSR count). The van der Waals surface area contributed by atoms with Gasteiger partial charge in [0.2, 0.25) is 11.9 Å². The van der Waals surface area contributed by atoms with E-state index >= 15 is 0 Å². The first kappa shape index (κ1) is 18.9. The fourth-order valence-electron chi connectivity index (χ4n) is 3.48. The number of aromatic nitrogens is 2. The molecule has 2 N–H and O–H groups in total. The predicted molar refractivity (Wildman–Crippen MR) is 118 cm³/mol. The number of hydrogen-bond donors (Lipinski definition) is 2. The highest BCUT2D eigenvalue weighted by molar-refractivity contribution is 5.88. The Hall–Kier alpha value is -3.41. The van der Waals surface area contributed by atoms with Crippen molar-refractivity contribution < 1.29 is 4.79 Å². The molecule has 1 aliphatic heterocycles. The van der Waals surface area contributed by atoms with E-state index in [1.54, 1.807) is 0 Å². The molecule has 6 heteroatoms. The molecule has 0 radical (unpaired) electrons. The van der Waals surface area contributed by atoms with Crippen LogP contribution in [0, 0.1) is 0 Å². The fraction of sp³-hybridized carbons (Fsp3) is 0.261. The first-order valence-electron chi connectivity index (χ1n) is 10.0. The summed E-state index contributed by atoms with van der Waals surface area (Å²) in [6.07, 6.45) is 3.61. The van der Waals surface area contributed by atoms with Gasteiger partial charge in [0.1, 0.15) is 5.82 Å². The third kappa shape index (κ3) is 4.90. The third-order valence-electron chi connectivity index (χ3n) is 4.90. The minimum atomic E-state index is -0.0832. The molecule has 1 saturated heterocycles. The van der Waals surface area contributed by atoms with Crippen molar-refractivity contribution in [2.75, 3.05) is 28.6 Å². The van der Waals surface area contributed by atoms with Crippen LogP contribution < -0.4 is 15.5 Å². The third-order valence-corrected chi connectivity index (χ3v) is 4.90. The number of nitrogens with zero attached hydrogens (tertiary/aromatic N) is 3. The minimum Gasteiger partial charge on any atom is -0.341 e. The second-order valence-electron chi connectivity index (χ2n) is 7.24. The molecule has 1 aliphatic rings. The van der Waals surface area contributed by atoms with Crippen LogP contribution in [0.5, 0.6) is 0 Å². The van der Waals surface area contributed by atoms with E-state index in [-0.39, 0.29) is 5.91 Å². The second-order valence-corrected chi connectivity index (χ2v) is 7.24. The standard InChI is InChI=1S/C23H25N5O/c1-17(29)24-19-10-12-20(13-11-19)25-22-16-21(18-8-4-2-5-9-18)26-23(27-22)28-14-6-3-7-15-28/h2,4-5,8-13,16H,3,6-7,14-15H2,1H3,(H,24,29)(H,25,26,27). The monoisotopic (exact) mass is 387 g/mol. The van der Waals surface area contributed by atoms with Crippen LogP contribution in [-0.4, -0.2) is 29.0 Å². The van der Waals surface area contributed by atoms with E-state index in [0.717, 1.165) is 47.5 Å². The van der Waals surface area contributed by atoms with Gasteiger partial charge in [0.05, 0.1) is 5.69 Å². The molecule has 0 unspecified atom stereocenters. The van der Waals surface area contributed by atoms with Gasteiger partial charge in [0.15, 0.2) is 0 Å². The second kappa shape index (κ2) is 8.73. The maximum atomic E-state index is 11.2. The molecule has 0 spiro atoms. The highest BCUT2D eigenvalue weighted by atomic mass is 16.1. The molecule has 2 aromatic carbocycles. The molecule has 3 aromatic rings. The van der Waals surface area contributed by atoms with E-state index in [1.807, 2.05) is 48.5 Å². The van der Waals surface area contributed by atoms with Crippen molar-refractivity contribution in [2.24, 2.45) is 0 Å². The topological polar surface area (TPSA) is 70.2 Å². The Morgan fingerprint density at radius 3 is 2.28 bits per heavy atom. The van der Waals surface area contributed by atoms with Crippen molar-refractivity contribution in [3.8, 4) is 11.3 Å². The van der Waals surface area contributed by atoms with Crippen LogP contribution in [0.25, 0.3) is 11.3 Å². The summed E-state index contributed by atoms with van der Waals surface area (Å²) in [4.78, 5) is 23.1. The zero-order chi connectivity index (χ0) is 20.1. The number of rotatable bonds is 5. The summed E-state index contributed by atoms with van der Waals surface area (Å²) in [5, 5.41) is 6.16. The average molecular weight is 387 g/mol. The highest BCUT2D eigenvalue weighted by Gasteiger charge is 2.16. The number of piperidine rings is 1. The van der Waals surface area contributed by atoms with Crippen molar-refractivity contribution >= 4 is 29.0 Å². The summed E-state index contributed by atoms with van der Waals surface area (Å²) in [5.74, 6) is 1.44. The molecule has 1 aromatic heterocycles. The fourth-order valence-corrected chi connectivity index (χ4v) is 3.48. The number of anilines is 4. The Bertz CT molecular complexity index is 966. The van der Waals surface area contributed by atoms with Gasteiger partial charge in [0, 0.05) is 43.0 Å². The van der Waals surface area contributed by atoms with E-state index < -0.39 is 0 Å². The number of nitrogens with one attached hydrogen (secondary N) is 2. The predicted octanol–water partition coefficient (Wildman–Crippen LogP) is 4.84. The highest BCUT2D eigenvalue weighted by Crippen LogP contribution is 2.26. The molecular weight excluding hydrogens is 362 g/mol. The molecule has 1 amide bonds. The van der Waals surface area contributed by atoms with Crippen LogP contribution in [0.2, 0.25) is 0 Å². The number of carbonyl (C=O) groups is 1. The van der Waals surface area contributed by atoms with Crippen molar-refractivity contribution in [1.82, 2.24) is 9.97 Å². The molecular formula is C23H25N5O. The number of amides is 1. The van der Waals surface area contributed by atoms with Gasteiger partial charge < -0.3 is 15.5 Å². The maximum absolute atomic E-state index is 11.2. The van der Waals surface area contributed by atoms with E-state index in [4.69, 9.17) is 9.97 Å². The quantitative estimate of drug-likeness (QED) is 0.656. The zero-order valence-electron chi connectivity index (χ0n) is 16.6. The van der Waals surface area contributed by atoms with Crippen molar-refractivity contribution in [3.63, 3.8) is 0 Å². The Labute approximate surface area is 171 Å². The van der Waals surface area contributed by atoms with Crippen LogP contribution in [-0.2, 0) is 4.79 Å². The summed E-state index contributed by atoms with van der Waals surface area (Å²) in [5.41, 5.74) is 3.64. The Balaban J connectivity index is 1.63. The number of carbonyl (C=O) groups excluding carboxylic acids is 1. The molecule has 148 valence electrons. The van der Waals surface area contributed by atoms with Crippen LogP contribution >= 0.6 is 0 Å². The molecule has 1 fully saturated rings. The van der Waals surface area contributed by atoms with Crippen LogP contribution in [0.1, 0.15) is 26.2 Å². The number of hydrogen-bond acceptors (Lipinski definition) is 5. The van der Waals surface area contributed by atoms with Crippen LogP contribution in [0.4, 0.5) is 23.1 Å². The van der Waals surface area contributed by atoms with Crippen molar-refractivity contribution in [1.29, 1.82) is 0 Å².